The molecule has 0 aliphatic rings. The highest BCUT2D eigenvalue weighted by Crippen LogP contribution is 2.46. The number of rotatable bonds is 8. The molecule has 0 unspecified atom stereocenters. The Labute approximate surface area is 402 Å². The highest BCUT2D eigenvalue weighted by molar-refractivity contribution is 7.26. The van der Waals surface area contributed by atoms with Crippen LogP contribution in [0.15, 0.2) is 243 Å². The van der Waals surface area contributed by atoms with Crippen molar-refractivity contribution in [3.63, 3.8) is 0 Å². The lowest BCUT2D eigenvalue weighted by molar-refractivity contribution is 1.18. The molecule has 0 aliphatic heterocycles. The van der Waals surface area contributed by atoms with E-state index in [0.29, 0.717) is 0 Å². The molecule has 0 spiro atoms. The Bertz CT molecular complexity index is 3750. The average molecular weight is 901 g/mol. The summed E-state index contributed by atoms with van der Waals surface area (Å²) in [7, 11) is 0. The molecular weight excluding hydrogens is 861 g/mol. The molecule has 0 fully saturated rings. The van der Waals surface area contributed by atoms with E-state index in [1.807, 2.05) is 22.7 Å². The number of hydrogen-bond acceptors (Lipinski definition) is 4. The second kappa shape index (κ2) is 16.9. The maximum Gasteiger partial charge on any atom is 0.116 e. The Balaban J connectivity index is 0.905. The van der Waals surface area contributed by atoms with E-state index < -0.39 is 0 Å². The molecule has 0 saturated carbocycles. The van der Waals surface area contributed by atoms with Crippen LogP contribution >= 0.6 is 22.7 Å². The Hall–Kier alpha value is -8.28. The van der Waals surface area contributed by atoms with Gasteiger partial charge in [0, 0.05) is 62.6 Å². The lowest BCUT2D eigenvalue weighted by Crippen LogP contribution is -1.91. The first-order valence-electron chi connectivity index (χ1n) is 22.9. The van der Waals surface area contributed by atoms with Crippen LogP contribution in [0.4, 0.5) is 0 Å². The summed E-state index contributed by atoms with van der Waals surface area (Å²) in [5.74, 6) is 0. The molecule has 68 heavy (non-hydrogen) atoms. The monoisotopic (exact) mass is 900 g/mol. The van der Waals surface area contributed by atoms with Crippen LogP contribution in [0, 0.1) is 0 Å². The Morgan fingerprint density at radius 1 is 0.235 bits per heavy atom. The van der Waals surface area contributed by atoms with Gasteiger partial charge in [0.2, 0.25) is 0 Å². The molecule has 13 rings (SSSR count). The van der Waals surface area contributed by atoms with Gasteiger partial charge in [0.25, 0.3) is 0 Å². The standard InChI is InChI=1S/C64H40N2S2/c1-5-15-41(16-6-1)45-27-29-61-55(33-45)57-37-51(43-19-9-3-10-20-43)35-53(63(57)67-61)47-23-13-25-49(31-47)59-39-60(66-40-65-59)50-26-14-24-48(32-50)54-36-52(44-21-11-4-12-22-44)38-58-56-34-46(42-17-7-2-8-18-42)28-30-62(56)68-64(54)58/h1-40H. The first kappa shape index (κ1) is 40.0. The highest BCUT2D eigenvalue weighted by atomic mass is 32.1. The topological polar surface area (TPSA) is 25.8 Å². The minimum absolute atomic E-state index is 0.883. The highest BCUT2D eigenvalue weighted by Gasteiger charge is 2.18. The van der Waals surface area contributed by atoms with Crippen molar-refractivity contribution in [3.8, 4) is 89.3 Å². The average Bonchev–Trinajstić information content (AvgIpc) is 3.99. The van der Waals surface area contributed by atoms with Crippen molar-refractivity contribution < 1.29 is 0 Å². The molecule has 0 amide bonds. The van der Waals surface area contributed by atoms with Crippen molar-refractivity contribution in [1.82, 2.24) is 9.97 Å². The van der Waals surface area contributed by atoms with E-state index >= 15 is 0 Å². The summed E-state index contributed by atoms with van der Waals surface area (Å²) in [6.07, 6.45) is 1.71. The van der Waals surface area contributed by atoms with Gasteiger partial charge in [-0.05, 0) is 122 Å². The molecule has 3 heterocycles. The van der Waals surface area contributed by atoms with E-state index in [-0.39, 0.29) is 0 Å². The third-order valence-electron chi connectivity index (χ3n) is 13.2. The van der Waals surface area contributed by atoms with E-state index in [0.717, 1.165) is 33.6 Å². The predicted octanol–water partition coefficient (Wildman–Crippen LogP) is 18.5. The summed E-state index contributed by atoms with van der Waals surface area (Å²) in [6.45, 7) is 0. The van der Waals surface area contributed by atoms with Crippen molar-refractivity contribution in [1.29, 1.82) is 0 Å². The largest absolute Gasteiger partial charge is 0.236 e. The van der Waals surface area contributed by atoms with Crippen LogP contribution in [0.2, 0.25) is 0 Å². The van der Waals surface area contributed by atoms with Gasteiger partial charge >= 0.3 is 0 Å². The zero-order valence-corrected chi connectivity index (χ0v) is 38.4. The van der Waals surface area contributed by atoms with E-state index in [2.05, 4.69) is 237 Å². The van der Waals surface area contributed by atoms with Crippen molar-refractivity contribution >= 4 is 63.0 Å². The van der Waals surface area contributed by atoms with Crippen molar-refractivity contribution in [3.05, 3.63) is 243 Å². The summed E-state index contributed by atoms with van der Waals surface area (Å²) in [4.78, 5) is 9.77. The summed E-state index contributed by atoms with van der Waals surface area (Å²) in [6, 6.07) is 85.9. The van der Waals surface area contributed by atoms with E-state index in [4.69, 9.17) is 9.97 Å². The normalized spacial score (nSPS) is 11.5. The SMILES string of the molecule is c1ccc(-c2ccc3sc4c(-c5cccc(-c6cc(-c7cccc(-c8cc(-c9ccccc9)cc9c8sc8ccc(-c%10ccccc%10)cc89)c7)ncn6)c5)cc(-c5ccccc5)cc4c3c2)cc1. The molecule has 0 bridgehead atoms. The lowest BCUT2D eigenvalue weighted by atomic mass is 9.93. The van der Waals surface area contributed by atoms with E-state index in [9.17, 15) is 0 Å². The fraction of sp³-hybridized carbons (Fsp3) is 0. The lowest BCUT2D eigenvalue weighted by Gasteiger charge is -2.12. The molecule has 0 atom stereocenters. The first-order valence-corrected chi connectivity index (χ1v) is 24.6. The molecule has 318 valence electrons. The van der Waals surface area contributed by atoms with Crippen molar-refractivity contribution in [2.75, 3.05) is 0 Å². The van der Waals surface area contributed by atoms with Crippen molar-refractivity contribution in [2.24, 2.45) is 0 Å². The molecule has 4 heteroatoms. The van der Waals surface area contributed by atoms with Crippen LogP contribution in [-0.2, 0) is 0 Å². The summed E-state index contributed by atoms with van der Waals surface area (Å²) in [5.41, 5.74) is 18.3. The number of fused-ring (bicyclic) bond motifs is 6. The van der Waals surface area contributed by atoms with E-state index in [1.54, 1.807) is 6.33 Å². The van der Waals surface area contributed by atoms with Gasteiger partial charge in [-0.1, -0.05) is 170 Å². The predicted molar refractivity (Wildman–Crippen MR) is 291 cm³/mol. The molecular formula is C64H40N2S2. The second-order valence-corrected chi connectivity index (χ2v) is 19.4. The van der Waals surface area contributed by atoms with Crippen LogP contribution < -0.4 is 0 Å². The fourth-order valence-corrected chi connectivity index (χ4v) is 12.2. The Morgan fingerprint density at radius 2 is 0.588 bits per heavy atom. The first-order chi connectivity index (χ1) is 33.7. The third kappa shape index (κ3) is 7.28. The minimum atomic E-state index is 0.883. The smallest absolute Gasteiger partial charge is 0.116 e. The van der Waals surface area contributed by atoms with Gasteiger partial charge in [-0.25, -0.2) is 9.97 Å². The van der Waals surface area contributed by atoms with Crippen LogP contribution in [0.3, 0.4) is 0 Å². The molecule has 3 aromatic heterocycles. The molecule has 10 aromatic carbocycles. The summed E-state index contributed by atoms with van der Waals surface area (Å²) in [5, 5.41) is 5.10. The number of benzene rings is 10. The van der Waals surface area contributed by atoms with Gasteiger partial charge in [-0.15, -0.1) is 22.7 Å². The Kier molecular flexibility index (Phi) is 9.93. The van der Waals surface area contributed by atoms with E-state index in [1.165, 1.54) is 96.0 Å². The minimum Gasteiger partial charge on any atom is -0.236 e. The summed E-state index contributed by atoms with van der Waals surface area (Å²) < 4.78 is 5.12. The maximum atomic E-state index is 4.88. The molecule has 0 aliphatic carbocycles. The zero-order valence-electron chi connectivity index (χ0n) is 36.8. The maximum absolute atomic E-state index is 4.88. The van der Waals surface area contributed by atoms with Gasteiger partial charge in [-0.3, -0.25) is 0 Å². The number of nitrogens with zero attached hydrogens (tertiary/aromatic N) is 2. The van der Waals surface area contributed by atoms with Crippen molar-refractivity contribution in [2.45, 2.75) is 0 Å². The number of hydrogen-bond donors (Lipinski definition) is 0. The van der Waals surface area contributed by atoms with Crippen LogP contribution in [0.5, 0.6) is 0 Å². The zero-order chi connectivity index (χ0) is 45.0. The van der Waals surface area contributed by atoms with Gasteiger partial charge in [0.1, 0.15) is 6.33 Å². The van der Waals surface area contributed by atoms with Gasteiger partial charge in [-0.2, -0.15) is 0 Å². The molecule has 0 saturated heterocycles. The molecule has 0 radical (unpaired) electrons. The van der Waals surface area contributed by atoms with Crippen LogP contribution in [-0.4, -0.2) is 9.97 Å². The Morgan fingerprint density at radius 3 is 1.00 bits per heavy atom. The van der Waals surface area contributed by atoms with Gasteiger partial charge < -0.3 is 0 Å². The van der Waals surface area contributed by atoms with Crippen LogP contribution in [0.25, 0.3) is 130 Å². The second-order valence-electron chi connectivity index (χ2n) is 17.3. The molecule has 2 nitrogen and oxygen atoms in total. The van der Waals surface area contributed by atoms with Gasteiger partial charge in [0.15, 0.2) is 0 Å². The van der Waals surface area contributed by atoms with Gasteiger partial charge in [0.05, 0.1) is 11.4 Å². The quantitative estimate of drug-likeness (QED) is 0.152. The molecule has 13 aromatic rings. The molecule has 0 N–H and O–H groups in total. The number of aromatic nitrogens is 2. The van der Waals surface area contributed by atoms with Crippen LogP contribution in [0.1, 0.15) is 0 Å². The number of thiophene rings is 2. The summed E-state index contributed by atoms with van der Waals surface area (Å²) >= 11 is 3.74. The fourth-order valence-electron chi connectivity index (χ4n) is 9.77. The third-order valence-corrected chi connectivity index (χ3v) is 15.6.